The molecule has 1 heterocycles. The van der Waals surface area contributed by atoms with Gasteiger partial charge in [-0.15, -0.1) is 0 Å². The first-order chi connectivity index (χ1) is 12.1. The lowest BCUT2D eigenvalue weighted by atomic mass is 10.1. The van der Waals surface area contributed by atoms with Crippen LogP contribution in [0.5, 0.6) is 0 Å². The van der Waals surface area contributed by atoms with Crippen molar-refractivity contribution >= 4 is 23.1 Å². The van der Waals surface area contributed by atoms with Crippen LogP contribution >= 0.6 is 0 Å². The molecule has 0 bridgehead atoms. The van der Waals surface area contributed by atoms with Crippen LogP contribution in [0.3, 0.4) is 0 Å². The van der Waals surface area contributed by atoms with E-state index < -0.39 is 0 Å². The molecule has 0 aliphatic heterocycles. The highest BCUT2D eigenvalue weighted by atomic mass is 16.1. The second kappa shape index (κ2) is 7.44. The molecule has 1 aromatic heterocycles. The fourth-order valence-corrected chi connectivity index (χ4v) is 2.23. The lowest BCUT2D eigenvalue weighted by Gasteiger charge is -2.08. The van der Waals surface area contributed by atoms with Gasteiger partial charge in [0.2, 0.25) is 0 Å². The van der Waals surface area contributed by atoms with E-state index >= 15 is 0 Å². The summed E-state index contributed by atoms with van der Waals surface area (Å²) in [4.78, 5) is 20.6. The summed E-state index contributed by atoms with van der Waals surface area (Å²) >= 11 is 0. The molecule has 6 nitrogen and oxygen atoms in total. The zero-order valence-electron chi connectivity index (χ0n) is 13.9. The van der Waals surface area contributed by atoms with E-state index in [0.29, 0.717) is 23.7 Å². The van der Waals surface area contributed by atoms with Gasteiger partial charge >= 0.3 is 0 Å². The van der Waals surface area contributed by atoms with E-state index in [1.165, 1.54) is 18.0 Å². The minimum Gasteiger partial charge on any atom is -0.397 e. The van der Waals surface area contributed by atoms with E-state index in [1.807, 2.05) is 0 Å². The fraction of sp³-hybridized carbons (Fsp3) is 0.105. The largest absolute Gasteiger partial charge is 0.397 e. The third kappa shape index (κ3) is 4.32. The monoisotopic (exact) mass is 333 g/mol. The number of aryl methyl sites for hydroxylation is 1. The van der Waals surface area contributed by atoms with E-state index in [9.17, 15) is 4.79 Å². The molecule has 2 aromatic carbocycles. The highest BCUT2D eigenvalue weighted by Crippen LogP contribution is 2.17. The second-order valence-electron chi connectivity index (χ2n) is 5.67. The first kappa shape index (κ1) is 16.4. The molecule has 126 valence electrons. The Morgan fingerprint density at radius 2 is 1.80 bits per heavy atom. The zero-order valence-corrected chi connectivity index (χ0v) is 13.9. The Labute approximate surface area is 146 Å². The summed E-state index contributed by atoms with van der Waals surface area (Å²) in [6.45, 7) is 2.69. The van der Waals surface area contributed by atoms with Crippen LogP contribution in [0.2, 0.25) is 0 Å². The number of hydrogen-bond acceptors (Lipinski definition) is 5. The van der Waals surface area contributed by atoms with Crippen molar-refractivity contribution in [3.63, 3.8) is 0 Å². The van der Waals surface area contributed by atoms with Crippen molar-refractivity contribution in [1.82, 2.24) is 9.97 Å². The van der Waals surface area contributed by atoms with Gasteiger partial charge in [0, 0.05) is 6.54 Å². The summed E-state index contributed by atoms with van der Waals surface area (Å²) in [6, 6.07) is 15.3. The summed E-state index contributed by atoms with van der Waals surface area (Å²) in [5, 5.41) is 5.90. The van der Waals surface area contributed by atoms with Crippen LogP contribution in [-0.2, 0) is 6.54 Å². The summed E-state index contributed by atoms with van der Waals surface area (Å²) in [5.41, 5.74) is 9.46. The topological polar surface area (TPSA) is 92.9 Å². The number of rotatable bonds is 5. The molecule has 4 N–H and O–H groups in total. The maximum absolute atomic E-state index is 12.2. The first-order valence-electron chi connectivity index (χ1n) is 7.89. The van der Waals surface area contributed by atoms with Crippen molar-refractivity contribution in [2.45, 2.75) is 13.5 Å². The van der Waals surface area contributed by atoms with Gasteiger partial charge in [-0.3, -0.25) is 4.79 Å². The molecule has 0 saturated carbocycles. The molecule has 0 aliphatic carbocycles. The second-order valence-corrected chi connectivity index (χ2v) is 5.67. The Hall–Kier alpha value is -3.41. The maximum atomic E-state index is 12.2. The first-order valence-corrected chi connectivity index (χ1v) is 7.89. The van der Waals surface area contributed by atoms with Crippen LogP contribution in [-0.4, -0.2) is 15.9 Å². The van der Waals surface area contributed by atoms with Gasteiger partial charge < -0.3 is 16.4 Å². The minimum atomic E-state index is -0.351. The van der Waals surface area contributed by atoms with Gasteiger partial charge in [0.05, 0.1) is 23.8 Å². The number of benzene rings is 2. The Kier molecular flexibility index (Phi) is 4.89. The van der Waals surface area contributed by atoms with Gasteiger partial charge in [0.1, 0.15) is 11.5 Å². The highest BCUT2D eigenvalue weighted by molar-refractivity contribution is 6.04. The third-order valence-electron chi connectivity index (χ3n) is 3.69. The van der Waals surface area contributed by atoms with Crippen LogP contribution in [0.1, 0.15) is 21.6 Å². The molecule has 0 aliphatic rings. The summed E-state index contributed by atoms with van der Waals surface area (Å²) < 4.78 is 0. The van der Waals surface area contributed by atoms with Crippen molar-refractivity contribution in [3.8, 4) is 0 Å². The van der Waals surface area contributed by atoms with Crippen LogP contribution < -0.4 is 16.4 Å². The SMILES string of the molecule is Cc1ccc(CNc2cnc(C(=O)Nc3ccccc3N)cn2)cc1. The van der Waals surface area contributed by atoms with E-state index in [1.54, 1.807) is 24.3 Å². The molecule has 3 rings (SSSR count). The molecule has 25 heavy (non-hydrogen) atoms. The highest BCUT2D eigenvalue weighted by Gasteiger charge is 2.10. The van der Waals surface area contributed by atoms with Crippen molar-refractivity contribution in [2.24, 2.45) is 0 Å². The molecule has 3 aromatic rings. The number of amides is 1. The summed E-state index contributed by atoms with van der Waals surface area (Å²) in [7, 11) is 0. The number of anilines is 3. The van der Waals surface area contributed by atoms with E-state index in [2.05, 4.69) is 51.8 Å². The molecule has 0 radical (unpaired) electrons. The predicted molar refractivity (Wildman–Crippen MR) is 99.3 cm³/mol. The number of nitrogens with one attached hydrogen (secondary N) is 2. The van der Waals surface area contributed by atoms with Gasteiger partial charge in [-0.25, -0.2) is 9.97 Å². The summed E-state index contributed by atoms with van der Waals surface area (Å²) in [5.74, 6) is 0.256. The van der Waals surface area contributed by atoms with Gasteiger partial charge in [-0.1, -0.05) is 42.0 Å². The quantitative estimate of drug-likeness (QED) is 0.623. The number of carbonyl (C=O) groups is 1. The molecule has 6 heteroatoms. The van der Waals surface area contributed by atoms with Crippen molar-refractivity contribution in [3.05, 3.63) is 77.7 Å². The average molecular weight is 333 g/mol. The van der Waals surface area contributed by atoms with Gasteiger partial charge in [-0.2, -0.15) is 0 Å². The Morgan fingerprint density at radius 3 is 2.48 bits per heavy atom. The van der Waals surface area contributed by atoms with Gasteiger partial charge in [0.25, 0.3) is 5.91 Å². The molecule has 0 saturated heterocycles. The van der Waals surface area contributed by atoms with Crippen LogP contribution in [0, 0.1) is 6.92 Å². The normalized spacial score (nSPS) is 10.3. The fourth-order valence-electron chi connectivity index (χ4n) is 2.23. The lowest BCUT2D eigenvalue weighted by molar-refractivity contribution is 0.102. The Bertz CT molecular complexity index is 860. The van der Waals surface area contributed by atoms with E-state index in [-0.39, 0.29) is 11.6 Å². The van der Waals surface area contributed by atoms with Crippen LogP contribution in [0.4, 0.5) is 17.2 Å². The Balaban J connectivity index is 1.60. The molecule has 0 spiro atoms. The van der Waals surface area contributed by atoms with Gasteiger partial charge in [-0.05, 0) is 24.6 Å². The standard InChI is InChI=1S/C19H19N5O/c1-13-6-8-14(9-7-13)10-22-18-12-21-17(11-23-18)19(25)24-16-5-3-2-4-15(16)20/h2-9,11-12H,10,20H2,1H3,(H,22,23)(H,24,25). The molecular formula is C19H19N5O. The number of para-hydroxylation sites is 2. The number of aromatic nitrogens is 2. The van der Waals surface area contributed by atoms with Gasteiger partial charge in [0.15, 0.2) is 0 Å². The average Bonchev–Trinajstić information content (AvgIpc) is 2.63. The van der Waals surface area contributed by atoms with Crippen molar-refractivity contribution in [1.29, 1.82) is 0 Å². The van der Waals surface area contributed by atoms with Crippen LogP contribution in [0.15, 0.2) is 60.9 Å². The number of nitrogens with zero attached hydrogens (tertiary/aromatic N) is 2. The number of hydrogen-bond donors (Lipinski definition) is 3. The number of nitrogens with two attached hydrogens (primary N) is 1. The molecule has 1 amide bonds. The molecule has 0 atom stereocenters. The zero-order chi connectivity index (χ0) is 17.6. The Morgan fingerprint density at radius 1 is 1.04 bits per heavy atom. The maximum Gasteiger partial charge on any atom is 0.275 e. The molecule has 0 fully saturated rings. The van der Waals surface area contributed by atoms with Crippen molar-refractivity contribution in [2.75, 3.05) is 16.4 Å². The smallest absolute Gasteiger partial charge is 0.275 e. The lowest BCUT2D eigenvalue weighted by Crippen LogP contribution is -2.15. The number of nitrogen functional groups attached to an aromatic ring is 1. The molecule has 0 unspecified atom stereocenters. The number of carbonyl (C=O) groups excluding carboxylic acids is 1. The van der Waals surface area contributed by atoms with E-state index in [0.717, 1.165) is 5.56 Å². The minimum absolute atomic E-state index is 0.226. The van der Waals surface area contributed by atoms with Crippen LogP contribution in [0.25, 0.3) is 0 Å². The molecular weight excluding hydrogens is 314 g/mol. The third-order valence-corrected chi connectivity index (χ3v) is 3.69. The predicted octanol–water partition coefficient (Wildman–Crippen LogP) is 3.23. The van der Waals surface area contributed by atoms with Crippen molar-refractivity contribution < 1.29 is 4.79 Å². The summed E-state index contributed by atoms with van der Waals surface area (Å²) in [6.07, 6.45) is 2.98. The van der Waals surface area contributed by atoms with E-state index in [4.69, 9.17) is 5.73 Å².